The molecular formula is C13H16F2N2. The van der Waals surface area contributed by atoms with Crippen molar-refractivity contribution in [3.05, 3.63) is 41.1 Å². The van der Waals surface area contributed by atoms with Crippen molar-refractivity contribution in [2.45, 2.75) is 26.4 Å². The van der Waals surface area contributed by atoms with Gasteiger partial charge in [0, 0.05) is 24.4 Å². The van der Waals surface area contributed by atoms with E-state index in [1.165, 1.54) is 6.07 Å². The lowest BCUT2D eigenvalue weighted by molar-refractivity contribution is 0.494. The lowest BCUT2D eigenvalue weighted by atomic mass is 9.93. The molecule has 0 radical (unpaired) electrons. The highest BCUT2D eigenvalue weighted by molar-refractivity contribution is 5.73. The Bertz CT molecular complexity index is 455. The summed E-state index contributed by atoms with van der Waals surface area (Å²) in [6.07, 6.45) is 1.87. The summed E-state index contributed by atoms with van der Waals surface area (Å²) in [4.78, 5) is 0. The minimum Gasteiger partial charge on any atom is -0.386 e. The maximum atomic E-state index is 13.6. The summed E-state index contributed by atoms with van der Waals surface area (Å²) < 4.78 is 26.8. The molecule has 92 valence electrons. The van der Waals surface area contributed by atoms with Crippen LogP contribution in [-0.4, -0.2) is 12.6 Å². The average molecular weight is 238 g/mol. The smallest absolute Gasteiger partial charge is 0.164 e. The number of hydrogen-bond donors (Lipinski definition) is 2. The topological polar surface area (TPSA) is 24.1 Å². The Hall–Kier alpha value is -1.42. The highest BCUT2D eigenvalue weighted by Crippen LogP contribution is 2.28. The molecule has 0 fully saturated rings. The first-order chi connectivity index (χ1) is 8.15. The Morgan fingerprint density at radius 2 is 2.18 bits per heavy atom. The van der Waals surface area contributed by atoms with E-state index in [-0.39, 0.29) is 6.04 Å². The van der Waals surface area contributed by atoms with Gasteiger partial charge in [-0.3, -0.25) is 0 Å². The van der Waals surface area contributed by atoms with Crippen molar-refractivity contribution in [1.29, 1.82) is 0 Å². The van der Waals surface area contributed by atoms with E-state index in [4.69, 9.17) is 0 Å². The second-order valence-corrected chi connectivity index (χ2v) is 4.15. The van der Waals surface area contributed by atoms with Gasteiger partial charge in [-0.1, -0.05) is 13.0 Å². The molecular weight excluding hydrogens is 222 g/mol. The van der Waals surface area contributed by atoms with Crippen LogP contribution in [0, 0.1) is 11.6 Å². The molecule has 1 aromatic rings. The Morgan fingerprint density at radius 3 is 2.88 bits per heavy atom. The molecule has 0 bridgehead atoms. The van der Waals surface area contributed by atoms with Crippen molar-refractivity contribution in [1.82, 2.24) is 10.6 Å². The molecule has 1 atom stereocenters. The van der Waals surface area contributed by atoms with Gasteiger partial charge in [-0.25, -0.2) is 8.78 Å². The molecule has 1 aliphatic heterocycles. The molecule has 0 saturated heterocycles. The van der Waals surface area contributed by atoms with Gasteiger partial charge in [-0.05, 0) is 30.7 Å². The minimum atomic E-state index is -0.789. The van der Waals surface area contributed by atoms with E-state index in [9.17, 15) is 8.78 Å². The van der Waals surface area contributed by atoms with E-state index < -0.39 is 11.6 Å². The highest BCUT2D eigenvalue weighted by atomic mass is 19.2. The van der Waals surface area contributed by atoms with E-state index in [0.29, 0.717) is 12.1 Å². The highest BCUT2D eigenvalue weighted by Gasteiger charge is 2.21. The minimum absolute atomic E-state index is 0.108. The zero-order chi connectivity index (χ0) is 12.4. The number of hydrogen-bond acceptors (Lipinski definition) is 2. The fourth-order valence-electron chi connectivity index (χ4n) is 2.15. The van der Waals surface area contributed by atoms with Gasteiger partial charge in [0.25, 0.3) is 0 Å². The van der Waals surface area contributed by atoms with Gasteiger partial charge in [0.05, 0.1) is 0 Å². The van der Waals surface area contributed by atoms with Crippen LogP contribution in [0.25, 0.3) is 5.57 Å². The predicted octanol–water partition coefficient (Wildman–Crippen LogP) is 2.41. The van der Waals surface area contributed by atoms with Crippen LogP contribution in [0.5, 0.6) is 0 Å². The molecule has 0 saturated carbocycles. The summed E-state index contributed by atoms with van der Waals surface area (Å²) >= 11 is 0. The van der Waals surface area contributed by atoms with Crippen LogP contribution in [-0.2, 0) is 6.54 Å². The molecule has 0 spiro atoms. The number of likely N-dealkylation sites (N-methyl/N-ethyl adjacent to an activating group) is 1. The van der Waals surface area contributed by atoms with E-state index in [0.717, 1.165) is 17.7 Å². The second kappa shape index (κ2) is 4.84. The Balaban J connectivity index is 2.42. The molecule has 2 N–H and O–H groups in total. The van der Waals surface area contributed by atoms with E-state index in [2.05, 4.69) is 10.6 Å². The van der Waals surface area contributed by atoms with Crippen LogP contribution in [0.3, 0.4) is 0 Å². The summed E-state index contributed by atoms with van der Waals surface area (Å²) in [6.45, 7) is 5.19. The van der Waals surface area contributed by atoms with Crippen molar-refractivity contribution in [2.24, 2.45) is 0 Å². The largest absolute Gasteiger partial charge is 0.386 e. The second-order valence-electron chi connectivity index (χ2n) is 4.15. The van der Waals surface area contributed by atoms with Crippen LogP contribution < -0.4 is 10.6 Å². The Labute approximate surface area is 99.7 Å². The molecule has 1 heterocycles. The molecule has 17 heavy (non-hydrogen) atoms. The summed E-state index contributed by atoms with van der Waals surface area (Å²) in [6, 6.07) is 2.94. The first-order valence-electron chi connectivity index (χ1n) is 5.79. The standard InChI is InChI=1S/C13H16F2N2/c1-3-17-8(2)10-6-16-7-11-9(10)4-5-12(14)13(11)15/h4-6,8,16-17H,3,7H2,1-2H3. The maximum Gasteiger partial charge on any atom is 0.164 e. The third-order valence-electron chi connectivity index (χ3n) is 3.02. The zero-order valence-corrected chi connectivity index (χ0v) is 9.98. The monoisotopic (exact) mass is 238 g/mol. The van der Waals surface area contributed by atoms with E-state index in [1.807, 2.05) is 20.0 Å². The zero-order valence-electron chi connectivity index (χ0n) is 9.98. The summed E-state index contributed by atoms with van der Waals surface area (Å²) in [5, 5.41) is 6.26. The molecule has 1 unspecified atom stereocenters. The maximum absolute atomic E-state index is 13.6. The average Bonchev–Trinajstić information content (AvgIpc) is 2.33. The van der Waals surface area contributed by atoms with E-state index in [1.54, 1.807) is 6.07 Å². The third-order valence-corrected chi connectivity index (χ3v) is 3.02. The van der Waals surface area contributed by atoms with Gasteiger partial charge < -0.3 is 10.6 Å². The van der Waals surface area contributed by atoms with Crippen molar-refractivity contribution in [3.63, 3.8) is 0 Å². The quantitative estimate of drug-likeness (QED) is 0.845. The predicted molar refractivity (Wildman–Crippen MR) is 64.3 cm³/mol. The van der Waals surface area contributed by atoms with Crippen molar-refractivity contribution in [2.75, 3.05) is 6.54 Å². The first-order valence-corrected chi connectivity index (χ1v) is 5.79. The van der Waals surface area contributed by atoms with Gasteiger partial charge >= 0.3 is 0 Å². The number of nitrogens with one attached hydrogen (secondary N) is 2. The lowest BCUT2D eigenvalue weighted by Gasteiger charge is -2.24. The van der Waals surface area contributed by atoms with Crippen LogP contribution in [0.4, 0.5) is 8.78 Å². The van der Waals surface area contributed by atoms with Gasteiger partial charge in [0.1, 0.15) is 0 Å². The van der Waals surface area contributed by atoms with Gasteiger partial charge in [0.15, 0.2) is 11.6 Å². The molecule has 2 rings (SSSR count). The lowest BCUT2D eigenvalue weighted by Crippen LogP contribution is -2.30. The molecule has 4 heteroatoms. The van der Waals surface area contributed by atoms with Gasteiger partial charge in [-0.15, -0.1) is 0 Å². The van der Waals surface area contributed by atoms with Crippen LogP contribution in [0.2, 0.25) is 0 Å². The first kappa shape index (κ1) is 12.0. The Kier molecular flexibility index (Phi) is 3.43. The fraction of sp³-hybridized carbons (Fsp3) is 0.385. The van der Waals surface area contributed by atoms with Gasteiger partial charge in [-0.2, -0.15) is 0 Å². The van der Waals surface area contributed by atoms with Crippen LogP contribution in [0.15, 0.2) is 18.3 Å². The molecule has 0 amide bonds. The van der Waals surface area contributed by atoms with E-state index >= 15 is 0 Å². The van der Waals surface area contributed by atoms with Crippen molar-refractivity contribution < 1.29 is 8.78 Å². The molecule has 0 aliphatic carbocycles. The number of fused-ring (bicyclic) bond motifs is 1. The van der Waals surface area contributed by atoms with Gasteiger partial charge in [0.2, 0.25) is 0 Å². The number of benzene rings is 1. The normalized spacial score (nSPS) is 15.9. The number of halogens is 2. The molecule has 2 nitrogen and oxygen atoms in total. The van der Waals surface area contributed by atoms with Crippen LogP contribution >= 0.6 is 0 Å². The fourth-order valence-corrected chi connectivity index (χ4v) is 2.15. The SMILES string of the molecule is CCNC(C)C1=CNCc2c1ccc(F)c2F. The van der Waals surface area contributed by atoms with Crippen LogP contribution in [0.1, 0.15) is 25.0 Å². The molecule has 1 aliphatic rings. The van der Waals surface area contributed by atoms with Crippen molar-refractivity contribution >= 4 is 5.57 Å². The number of rotatable bonds is 3. The summed E-state index contributed by atoms with van der Waals surface area (Å²) in [7, 11) is 0. The Morgan fingerprint density at radius 1 is 1.41 bits per heavy atom. The van der Waals surface area contributed by atoms with Crippen molar-refractivity contribution in [3.8, 4) is 0 Å². The summed E-state index contributed by atoms with van der Waals surface area (Å²) in [5.74, 6) is -1.53. The molecule has 0 aromatic heterocycles. The molecule has 1 aromatic carbocycles. The summed E-state index contributed by atoms with van der Waals surface area (Å²) in [5.41, 5.74) is 2.16. The third kappa shape index (κ3) is 2.17.